The minimum absolute atomic E-state index is 0.00232. The zero-order chi connectivity index (χ0) is 9.68. The Balaban J connectivity index is 2.42. The lowest BCUT2D eigenvalue weighted by Gasteiger charge is -2.00. The molecule has 1 aromatic heterocycles. The second kappa shape index (κ2) is 4.53. The van der Waals surface area contributed by atoms with Crippen LogP contribution in [0.4, 0.5) is 0 Å². The summed E-state index contributed by atoms with van der Waals surface area (Å²) >= 11 is 0. The third-order valence-corrected chi connectivity index (χ3v) is 1.77. The molecule has 0 aromatic carbocycles. The lowest BCUT2D eigenvalue weighted by Crippen LogP contribution is -2.27. The number of nitrogens with one attached hydrogen (secondary N) is 1. The van der Waals surface area contributed by atoms with Crippen LogP contribution in [0.15, 0.2) is 17.2 Å². The number of imidazole rings is 1. The molecule has 70 valence electrons. The highest BCUT2D eigenvalue weighted by Gasteiger charge is 1.97. The van der Waals surface area contributed by atoms with Crippen molar-refractivity contribution in [2.45, 2.75) is 6.54 Å². The SMILES string of the molecule is C#CCNCCn1ccn(C)c1=O. The fourth-order valence-corrected chi connectivity index (χ4v) is 1.04. The molecule has 0 aliphatic heterocycles. The van der Waals surface area contributed by atoms with E-state index in [4.69, 9.17) is 6.42 Å². The van der Waals surface area contributed by atoms with Gasteiger partial charge in [-0.2, -0.15) is 0 Å². The van der Waals surface area contributed by atoms with E-state index in [1.165, 1.54) is 0 Å². The molecule has 0 spiro atoms. The quantitative estimate of drug-likeness (QED) is 0.495. The standard InChI is InChI=1S/C9H13N3O/c1-3-4-10-5-6-12-8-7-11(2)9(12)13/h1,7-8,10H,4-6H2,2H3. The number of aryl methyl sites for hydroxylation is 1. The Bertz CT molecular complexity index is 356. The molecule has 0 radical (unpaired) electrons. The van der Waals surface area contributed by atoms with Gasteiger partial charge in [0.05, 0.1) is 6.54 Å². The van der Waals surface area contributed by atoms with Crippen molar-refractivity contribution in [3.63, 3.8) is 0 Å². The highest BCUT2D eigenvalue weighted by Crippen LogP contribution is 1.80. The molecule has 1 N–H and O–H groups in total. The van der Waals surface area contributed by atoms with Crippen LogP contribution >= 0.6 is 0 Å². The average molecular weight is 179 g/mol. The zero-order valence-electron chi connectivity index (χ0n) is 7.66. The molecular weight excluding hydrogens is 166 g/mol. The molecule has 0 atom stereocenters. The lowest BCUT2D eigenvalue weighted by atomic mass is 10.5. The normalized spacial score (nSPS) is 9.85. The molecule has 0 saturated heterocycles. The molecule has 0 unspecified atom stereocenters. The van der Waals surface area contributed by atoms with Gasteiger partial charge in [0.25, 0.3) is 0 Å². The molecule has 1 rings (SSSR count). The van der Waals surface area contributed by atoms with Gasteiger partial charge in [0, 0.05) is 32.5 Å². The van der Waals surface area contributed by atoms with Gasteiger partial charge in [-0.3, -0.25) is 4.57 Å². The topological polar surface area (TPSA) is 39.0 Å². The van der Waals surface area contributed by atoms with Crippen molar-refractivity contribution in [1.29, 1.82) is 0 Å². The Morgan fingerprint density at radius 1 is 1.62 bits per heavy atom. The highest BCUT2D eigenvalue weighted by molar-refractivity contribution is 4.86. The monoisotopic (exact) mass is 179 g/mol. The third kappa shape index (κ3) is 2.49. The second-order valence-electron chi connectivity index (χ2n) is 2.77. The molecule has 0 amide bonds. The summed E-state index contributed by atoms with van der Waals surface area (Å²) < 4.78 is 3.19. The van der Waals surface area contributed by atoms with E-state index in [-0.39, 0.29) is 5.69 Å². The molecule has 0 fully saturated rings. The molecule has 4 heteroatoms. The first kappa shape index (κ1) is 9.62. The van der Waals surface area contributed by atoms with Crippen LogP contribution in [-0.4, -0.2) is 22.2 Å². The Labute approximate surface area is 77.2 Å². The van der Waals surface area contributed by atoms with Crippen molar-refractivity contribution in [2.75, 3.05) is 13.1 Å². The minimum atomic E-state index is 0.00232. The van der Waals surface area contributed by atoms with Crippen LogP contribution < -0.4 is 11.0 Å². The summed E-state index contributed by atoms with van der Waals surface area (Å²) in [6, 6.07) is 0. The van der Waals surface area contributed by atoms with Crippen LogP contribution in [0.3, 0.4) is 0 Å². The predicted octanol–water partition coefficient (Wildman–Crippen LogP) is -0.590. The molecular formula is C9H13N3O. The van der Waals surface area contributed by atoms with Crippen molar-refractivity contribution in [3.05, 3.63) is 22.9 Å². The van der Waals surface area contributed by atoms with E-state index in [0.717, 1.165) is 0 Å². The van der Waals surface area contributed by atoms with Crippen molar-refractivity contribution in [3.8, 4) is 12.3 Å². The first-order chi connectivity index (χ1) is 6.25. The van der Waals surface area contributed by atoms with Gasteiger partial charge >= 0.3 is 5.69 Å². The molecule has 1 aromatic rings. The van der Waals surface area contributed by atoms with Crippen molar-refractivity contribution >= 4 is 0 Å². The Morgan fingerprint density at radius 2 is 2.38 bits per heavy atom. The number of terminal acetylenes is 1. The summed E-state index contributed by atoms with van der Waals surface area (Å²) in [5, 5.41) is 3.01. The molecule has 0 saturated carbocycles. The first-order valence-electron chi connectivity index (χ1n) is 4.11. The zero-order valence-corrected chi connectivity index (χ0v) is 7.66. The molecule has 13 heavy (non-hydrogen) atoms. The fourth-order valence-electron chi connectivity index (χ4n) is 1.04. The first-order valence-corrected chi connectivity index (χ1v) is 4.11. The number of aromatic nitrogens is 2. The van der Waals surface area contributed by atoms with Gasteiger partial charge < -0.3 is 9.88 Å². The number of rotatable bonds is 4. The molecule has 0 aliphatic carbocycles. The van der Waals surface area contributed by atoms with Crippen LogP contribution in [0.1, 0.15) is 0 Å². The predicted molar refractivity (Wildman–Crippen MR) is 51.4 cm³/mol. The maximum atomic E-state index is 11.3. The van der Waals surface area contributed by atoms with Crippen LogP contribution in [0.5, 0.6) is 0 Å². The molecule has 4 nitrogen and oxygen atoms in total. The summed E-state index contributed by atoms with van der Waals surface area (Å²) in [5.74, 6) is 2.47. The van der Waals surface area contributed by atoms with Gasteiger partial charge in [-0.1, -0.05) is 5.92 Å². The summed E-state index contributed by atoms with van der Waals surface area (Å²) in [7, 11) is 1.73. The van der Waals surface area contributed by atoms with Crippen LogP contribution in [0.2, 0.25) is 0 Å². The summed E-state index contributed by atoms with van der Waals surface area (Å²) in [4.78, 5) is 11.3. The van der Waals surface area contributed by atoms with E-state index in [0.29, 0.717) is 19.6 Å². The molecule has 1 heterocycles. The van der Waals surface area contributed by atoms with Gasteiger partial charge in [-0.15, -0.1) is 6.42 Å². The van der Waals surface area contributed by atoms with Crippen LogP contribution in [-0.2, 0) is 13.6 Å². The van der Waals surface area contributed by atoms with E-state index >= 15 is 0 Å². The van der Waals surface area contributed by atoms with Gasteiger partial charge in [-0.05, 0) is 0 Å². The summed E-state index contributed by atoms with van der Waals surface area (Å²) in [5.41, 5.74) is 0.00232. The Hall–Kier alpha value is -1.47. The molecule has 0 aliphatic rings. The van der Waals surface area contributed by atoms with Gasteiger partial charge in [-0.25, -0.2) is 4.79 Å². The highest BCUT2D eigenvalue weighted by atomic mass is 16.1. The van der Waals surface area contributed by atoms with E-state index in [1.807, 2.05) is 0 Å². The minimum Gasteiger partial charge on any atom is -0.304 e. The van der Waals surface area contributed by atoms with Gasteiger partial charge in [0.1, 0.15) is 0 Å². The van der Waals surface area contributed by atoms with Gasteiger partial charge in [0.15, 0.2) is 0 Å². The second-order valence-corrected chi connectivity index (χ2v) is 2.77. The maximum Gasteiger partial charge on any atom is 0.327 e. The largest absolute Gasteiger partial charge is 0.327 e. The van der Waals surface area contributed by atoms with E-state index in [1.54, 1.807) is 28.6 Å². The van der Waals surface area contributed by atoms with Crippen molar-refractivity contribution in [2.24, 2.45) is 7.05 Å². The maximum absolute atomic E-state index is 11.3. The Kier molecular flexibility index (Phi) is 3.35. The third-order valence-electron chi connectivity index (χ3n) is 1.77. The smallest absolute Gasteiger partial charge is 0.304 e. The fraction of sp³-hybridized carbons (Fsp3) is 0.444. The summed E-state index contributed by atoms with van der Waals surface area (Å²) in [6.45, 7) is 1.91. The number of hydrogen-bond donors (Lipinski definition) is 1. The summed E-state index contributed by atoms with van der Waals surface area (Å²) in [6.07, 6.45) is 8.56. The van der Waals surface area contributed by atoms with E-state index in [2.05, 4.69) is 11.2 Å². The van der Waals surface area contributed by atoms with Crippen LogP contribution in [0.25, 0.3) is 0 Å². The Morgan fingerprint density at radius 3 is 2.92 bits per heavy atom. The van der Waals surface area contributed by atoms with Crippen molar-refractivity contribution < 1.29 is 0 Å². The van der Waals surface area contributed by atoms with E-state index in [9.17, 15) is 4.79 Å². The number of nitrogens with zero attached hydrogens (tertiary/aromatic N) is 2. The average Bonchev–Trinajstić information content (AvgIpc) is 2.43. The lowest BCUT2D eigenvalue weighted by molar-refractivity contribution is 0.602. The molecule has 0 bridgehead atoms. The van der Waals surface area contributed by atoms with Crippen LogP contribution in [0, 0.1) is 12.3 Å². The number of hydrogen-bond acceptors (Lipinski definition) is 2. The van der Waals surface area contributed by atoms with E-state index < -0.39 is 0 Å². The van der Waals surface area contributed by atoms with Gasteiger partial charge in [0.2, 0.25) is 0 Å². The van der Waals surface area contributed by atoms with Crippen molar-refractivity contribution in [1.82, 2.24) is 14.5 Å².